The van der Waals surface area contributed by atoms with Gasteiger partial charge in [-0.3, -0.25) is 9.59 Å². The first-order valence-corrected chi connectivity index (χ1v) is 8.76. The van der Waals surface area contributed by atoms with Gasteiger partial charge < -0.3 is 16.4 Å². The monoisotopic (exact) mass is 343 g/mol. The molecule has 2 amide bonds. The molecule has 0 aromatic carbocycles. The smallest absolute Gasteiger partial charge is 0.239 e. The average molecular weight is 344 g/mol. The molecule has 4 aliphatic carbocycles. The molecule has 132 valence electrons. The van der Waals surface area contributed by atoms with Gasteiger partial charge in [0.15, 0.2) is 0 Å². The third kappa shape index (κ3) is 4.00. The summed E-state index contributed by atoms with van der Waals surface area (Å²) in [4.78, 5) is 24.0. The van der Waals surface area contributed by atoms with Gasteiger partial charge in [-0.2, -0.15) is 0 Å². The predicted molar refractivity (Wildman–Crippen MR) is 92.0 cm³/mol. The second kappa shape index (κ2) is 7.39. The Balaban J connectivity index is 0.00000192. The van der Waals surface area contributed by atoms with Crippen molar-refractivity contribution in [2.45, 2.75) is 58.0 Å². The van der Waals surface area contributed by atoms with Crippen molar-refractivity contribution in [1.29, 1.82) is 0 Å². The first-order valence-electron chi connectivity index (χ1n) is 8.76. The molecule has 1 atom stereocenters. The van der Waals surface area contributed by atoms with E-state index in [0.717, 1.165) is 11.8 Å². The first kappa shape index (κ1) is 18.5. The number of carbonyl (C=O) groups excluding carboxylic acids is 2. The summed E-state index contributed by atoms with van der Waals surface area (Å²) in [5, 5.41) is 5.85. The Labute approximate surface area is 144 Å². The standard InChI is InChI=1S/C17H29N3O2.ClH/c1-9(2)15(18)17(22)19-8-14(21)20-16-12-4-10-3-11(6-12)7-13(16)5-10;/h9-13,15-16H,3-8,18H2,1-2H3,(H,19,22)(H,20,21);1H/t10?,11?,12?,13?,15-,16?;/m0./s1. The number of hydrogen-bond acceptors (Lipinski definition) is 3. The molecule has 0 aromatic heterocycles. The van der Waals surface area contributed by atoms with Crippen LogP contribution in [0.3, 0.4) is 0 Å². The Morgan fingerprint density at radius 1 is 1.04 bits per heavy atom. The van der Waals surface area contributed by atoms with E-state index in [1.165, 1.54) is 32.1 Å². The van der Waals surface area contributed by atoms with Crippen molar-refractivity contribution in [2.24, 2.45) is 35.3 Å². The largest absolute Gasteiger partial charge is 0.351 e. The van der Waals surface area contributed by atoms with Gasteiger partial charge in [-0.1, -0.05) is 13.8 Å². The van der Waals surface area contributed by atoms with Crippen LogP contribution in [0.2, 0.25) is 0 Å². The maximum absolute atomic E-state index is 12.2. The van der Waals surface area contributed by atoms with Crippen LogP contribution < -0.4 is 16.4 Å². The molecule has 4 aliphatic rings. The average Bonchev–Trinajstić information content (AvgIpc) is 2.46. The highest BCUT2D eigenvalue weighted by molar-refractivity contribution is 5.87. The summed E-state index contributed by atoms with van der Waals surface area (Å²) in [5.41, 5.74) is 5.78. The van der Waals surface area contributed by atoms with E-state index in [2.05, 4.69) is 10.6 Å². The Kier molecular flexibility index (Phi) is 5.95. The van der Waals surface area contributed by atoms with Crippen LogP contribution in [0.1, 0.15) is 46.0 Å². The minimum atomic E-state index is -0.547. The van der Waals surface area contributed by atoms with Gasteiger partial charge in [0, 0.05) is 6.04 Å². The highest BCUT2D eigenvalue weighted by atomic mass is 35.5. The Bertz CT molecular complexity index is 427. The highest BCUT2D eigenvalue weighted by Crippen LogP contribution is 2.53. The number of amides is 2. The Hall–Kier alpha value is -0.810. The molecule has 4 N–H and O–H groups in total. The molecule has 0 saturated heterocycles. The molecule has 0 aromatic rings. The molecule has 4 rings (SSSR count). The molecule has 0 spiro atoms. The van der Waals surface area contributed by atoms with Crippen molar-refractivity contribution >= 4 is 24.2 Å². The summed E-state index contributed by atoms with van der Waals surface area (Å²) >= 11 is 0. The van der Waals surface area contributed by atoms with Crippen molar-refractivity contribution in [3.63, 3.8) is 0 Å². The zero-order valence-corrected chi connectivity index (χ0v) is 14.9. The van der Waals surface area contributed by atoms with Crippen molar-refractivity contribution in [2.75, 3.05) is 6.54 Å². The quantitative estimate of drug-likeness (QED) is 0.706. The lowest BCUT2D eigenvalue weighted by molar-refractivity contribution is -0.129. The Morgan fingerprint density at radius 2 is 1.57 bits per heavy atom. The predicted octanol–water partition coefficient (Wildman–Crippen LogP) is 1.45. The van der Waals surface area contributed by atoms with Gasteiger partial charge in [-0.15, -0.1) is 12.4 Å². The molecule has 0 heterocycles. The van der Waals surface area contributed by atoms with Gasteiger partial charge in [0.2, 0.25) is 11.8 Å². The summed E-state index contributed by atoms with van der Waals surface area (Å²) in [6, 6.07) is -0.218. The van der Waals surface area contributed by atoms with E-state index in [1.54, 1.807) is 0 Å². The topological polar surface area (TPSA) is 84.2 Å². The lowest BCUT2D eigenvalue weighted by Crippen LogP contribution is -2.57. The van der Waals surface area contributed by atoms with Gasteiger partial charge in [-0.25, -0.2) is 0 Å². The van der Waals surface area contributed by atoms with Gasteiger partial charge >= 0.3 is 0 Å². The maximum atomic E-state index is 12.2. The van der Waals surface area contributed by atoms with Gasteiger partial charge in [-0.05, 0) is 61.7 Å². The number of hydrogen-bond donors (Lipinski definition) is 3. The zero-order valence-electron chi connectivity index (χ0n) is 14.1. The minimum Gasteiger partial charge on any atom is -0.351 e. The van der Waals surface area contributed by atoms with E-state index in [4.69, 9.17) is 5.73 Å². The SMILES string of the molecule is CC(C)[C@H](N)C(=O)NCC(=O)NC1C2CC3CC(C2)CC1C3.Cl. The van der Waals surface area contributed by atoms with Crippen molar-refractivity contribution in [3.05, 3.63) is 0 Å². The summed E-state index contributed by atoms with van der Waals surface area (Å²) in [6.45, 7) is 3.85. The summed E-state index contributed by atoms with van der Waals surface area (Å²) < 4.78 is 0. The molecule has 0 unspecified atom stereocenters. The fourth-order valence-corrected chi connectivity index (χ4v) is 4.99. The van der Waals surface area contributed by atoms with Gasteiger partial charge in [0.05, 0.1) is 12.6 Å². The van der Waals surface area contributed by atoms with Crippen LogP contribution in [0.5, 0.6) is 0 Å². The number of rotatable bonds is 5. The van der Waals surface area contributed by atoms with E-state index in [-0.39, 0.29) is 36.7 Å². The van der Waals surface area contributed by atoms with Crippen LogP contribution in [-0.2, 0) is 9.59 Å². The number of halogens is 1. The van der Waals surface area contributed by atoms with Crippen LogP contribution in [0.15, 0.2) is 0 Å². The number of nitrogens with two attached hydrogens (primary N) is 1. The molecule has 0 aliphatic heterocycles. The van der Waals surface area contributed by atoms with Crippen molar-refractivity contribution in [3.8, 4) is 0 Å². The lowest BCUT2D eigenvalue weighted by atomic mass is 9.54. The summed E-state index contributed by atoms with van der Waals surface area (Å²) in [5.74, 6) is 2.89. The minimum absolute atomic E-state index is 0. The van der Waals surface area contributed by atoms with E-state index in [1.807, 2.05) is 13.8 Å². The molecule has 4 fully saturated rings. The molecule has 6 heteroatoms. The third-order valence-corrected chi connectivity index (χ3v) is 6.00. The number of carbonyl (C=O) groups is 2. The van der Waals surface area contributed by atoms with Crippen LogP contribution in [0.25, 0.3) is 0 Å². The summed E-state index contributed by atoms with van der Waals surface area (Å²) in [7, 11) is 0. The zero-order chi connectivity index (χ0) is 15.9. The lowest BCUT2D eigenvalue weighted by Gasteiger charge is -2.54. The first-order chi connectivity index (χ1) is 10.4. The third-order valence-electron chi connectivity index (χ3n) is 6.00. The second-order valence-electron chi connectivity index (χ2n) is 8.01. The van der Waals surface area contributed by atoms with Crippen LogP contribution >= 0.6 is 12.4 Å². The van der Waals surface area contributed by atoms with E-state index in [9.17, 15) is 9.59 Å². The van der Waals surface area contributed by atoms with E-state index < -0.39 is 6.04 Å². The fraction of sp³-hybridized carbons (Fsp3) is 0.882. The molecule has 5 nitrogen and oxygen atoms in total. The molecular formula is C17H30ClN3O2. The molecular weight excluding hydrogens is 314 g/mol. The molecule has 23 heavy (non-hydrogen) atoms. The van der Waals surface area contributed by atoms with Gasteiger partial charge in [0.25, 0.3) is 0 Å². The summed E-state index contributed by atoms with van der Waals surface area (Å²) in [6.07, 6.45) is 6.53. The van der Waals surface area contributed by atoms with Gasteiger partial charge in [0.1, 0.15) is 0 Å². The van der Waals surface area contributed by atoms with Crippen molar-refractivity contribution < 1.29 is 9.59 Å². The number of nitrogens with one attached hydrogen (secondary N) is 2. The second-order valence-corrected chi connectivity index (χ2v) is 8.01. The van der Waals surface area contributed by atoms with E-state index in [0.29, 0.717) is 17.9 Å². The van der Waals surface area contributed by atoms with Crippen LogP contribution in [0.4, 0.5) is 0 Å². The van der Waals surface area contributed by atoms with Crippen molar-refractivity contribution in [1.82, 2.24) is 10.6 Å². The molecule has 4 saturated carbocycles. The van der Waals surface area contributed by atoms with Crippen LogP contribution in [-0.4, -0.2) is 30.4 Å². The fourth-order valence-electron chi connectivity index (χ4n) is 4.99. The highest BCUT2D eigenvalue weighted by Gasteiger charge is 2.48. The van der Waals surface area contributed by atoms with Crippen LogP contribution in [0, 0.1) is 29.6 Å². The molecule has 4 bridgehead atoms. The van der Waals surface area contributed by atoms with E-state index >= 15 is 0 Å². The Morgan fingerprint density at radius 3 is 2.04 bits per heavy atom. The maximum Gasteiger partial charge on any atom is 0.239 e. The molecule has 0 radical (unpaired) electrons. The normalized spacial score (nSPS) is 35.6.